The van der Waals surface area contributed by atoms with Gasteiger partial charge in [-0.3, -0.25) is 10.1 Å². The molecule has 2 rings (SSSR count). The van der Waals surface area contributed by atoms with Crippen molar-refractivity contribution in [3.63, 3.8) is 0 Å². The molecule has 0 amide bonds. The number of nitrogens with zero attached hydrogens (tertiary/aromatic N) is 3. The first kappa shape index (κ1) is 13.5. The van der Waals surface area contributed by atoms with Crippen molar-refractivity contribution in [2.75, 3.05) is 12.8 Å². The van der Waals surface area contributed by atoms with Crippen LogP contribution in [-0.2, 0) is 0 Å². The molecule has 0 spiro atoms. The first-order valence-electron chi connectivity index (χ1n) is 5.61. The second-order valence-corrected chi connectivity index (χ2v) is 3.92. The maximum absolute atomic E-state index is 10.8. The van der Waals surface area contributed by atoms with Crippen LogP contribution in [0.5, 0.6) is 17.5 Å². The smallest absolute Gasteiger partial charge is 0.273 e. The molecule has 0 bridgehead atoms. The molecule has 0 aliphatic carbocycles. The van der Waals surface area contributed by atoms with E-state index in [2.05, 4.69) is 9.97 Å². The van der Waals surface area contributed by atoms with E-state index in [1.165, 1.54) is 25.3 Å². The number of nitro benzene ring substituents is 1. The molecule has 1 aromatic heterocycles. The maximum Gasteiger partial charge on any atom is 0.273 e. The van der Waals surface area contributed by atoms with Gasteiger partial charge in [0, 0.05) is 6.07 Å². The highest BCUT2D eigenvalue weighted by Gasteiger charge is 2.12. The first-order valence-corrected chi connectivity index (χ1v) is 5.61. The highest BCUT2D eigenvalue weighted by atomic mass is 16.6. The maximum atomic E-state index is 10.8. The average molecular weight is 276 g/mol. The SMILES string of the molecule is COc1cc(Oc2cc([N+](=O)[O-])ccc2C)nc(N)n1. The summed E-state index contributed by atoms with van der Waals surface area (Å²) >= 11 is 0. The lowest BCUT2D eigenvalue weighted by molar-refractivity contribution is -0.384. The summed E-state index contributed by atoms with van der Waals surface area (Å²) in [5, 5.41) is 10.8. The van der Waals surface area contributed by atoms with Crippen molar-refractivity contribution in [1.29, 1.82) is 0 Å². The minimum atomic E-state index is -0.499. The zero-order valence-corrected chi connectivity index (χ0v) is 10.9. The number of benzene rings is 1. The molecule has 0 aliphatic heterocycles. The quantitative estimate of drug-likeness (QED) is 0.671. The highest BCUT2D eigenvalue weighted by Crippen LogP contribution is 2.29. The molecule has 0 atom stereocenters. The van der Waals surface area contributed by atoms with Crippen LogP contribution in [0.3, 0.4) is 0 Å². The third-order valence-electron chi connectivity index (χ3n) is 2.50. The number of hydrogen-bond donors (Lipinski definition) is 1. The van der Waals surface area contributed by atoms with Gasteiger partial charge in [0.15, 0.2) is 0 Å². The molecule has 1 heterocycles. The van der Waals surface area contributed by atoms with Gasteiger partial charge in [0.25, 0.3) is 5.69 Å². The first-order chi connectivity index (χ1) is 9.49. The lowest BCUT2D eigenvalue weighted by atomic mass is 10.2. The number of ether oxygens (including phenoxy) is 2. The number of nitrogens with two attached hydrogens (primary N) is 1. The third kappa shape index (κ3) is 2.91. The molecule has 0 saturated carbocycles. The number of methoxy groups -OCH3 is 1. The van der Waals surface area contributed by atoms with Gasteiger partial charge in [0.1, 0.15) is 5.75 Å². The lowest BCUT2D eigenvalue weighted by Gasteiger charge is -2.09. The minimum absolute atomic E-state index is 0.0116. The van der Waals surface area contributed by atoms with E-state index in [9.17, 15) is 10.1 Å². The molecule has 20 heavy (non-hydrogen) atoms. The Morgan fingerprint density at radius 2 is 1.95 bits per heavy atom. The van der Waals surface area contributed by atoms with Gasteiger partial charge in [-0.15, -0.1) is 0 Å². The van der Waals surface area contributed by atoms with E-state index in [0.717, 1.165) is 5.56 Å². The zero-order chi connectivity index (χ0) is 14.7. The number of nitro groups is 1. The van der Waals surface area contributed by atoms with E-state index >= 15 is 0 Å². The summed E-state index contributed by atoms with van der Waals surface area (Å²) in [5.41, 5.74) is 6.17. The van der Waals surface area contributed by atoms with Crippen molar-refractivity contribution in [2.24, 2.45) is 0 Å². The Balaban J connectivity index is 2.36. The second-order valence-electron chi connectivity index (χ2n) is 3.92. The number of rotatable bonds is 4. The molecule has 8 nitrogen and oxygen atoms in total. The fourth-order valence-corrected chi connectivity index (χ4v) is 1.50. The van der Waals surface area contributed by atoms with Crippen LogP contribution >= 0.6 is 0 Å². The van der Waals surface area contributed by atoms with E-state index in [-0.39, 0.29) is 23.4 Å². The van der Waals surface area contributed by atoms with E-state index in [1.807, 2.05) is 0 Å². The van der Waals surface area contributed by atoms with Crippen molar-refractivity contribution < 1.29 is 14.4 Å². The predicted octanol–water partition coefficient (Wildman–Crippen LogP) is 2.08. The fraction of sp³-hybridized carbons (Fsp3) is 0.167. The largest absolute Gasteiger partial charge is 0.481 e. The van der Waals surface area contributed by atoms with Crippen molar-refractivity contribution >= 4 is 11.6 Å². The summed E-state index contributed by atoms with van der Waals surface area (Å²) < 4.78 is 10.5. The molecule has 0 unspecified atom stereocenters. The van der Waals surface area contributed by atoms with Crippen LogP contribution < -0.4 is 15.2 Å². The highest BCUT2D eigenvalue weighted by molar-refractivity contribution is 5.45. The Kier molecular flexibility index (Phi) is 3.65. The predicted molar refractivity (Wildman–Crippen MR) is 70.9 cm³/mol. The van der Waals surface area contributed by atoms with Gasteiger partial charge in [-0.2, -0.15) is 9.97 Å². The molecule has 0 radical (unpaired) electrons. The average Bonchev–Trinajstić information content (AvgIpc) is 2.40. The van der Waals surface area contributed by atoms with Gasteiger partial charge in [-0.1, -0.05) is 0 Å². The molecule has 0 aliphatic rings. The molecular formula is C12H12N4O4. The van der Waals surface area contributed by atoms with Crippen LogP contribution in [0.4, 0.5) is 11.6 Å². The van der Waals surface area contributed by atoms with E-state index < -0.39 is 4.92 Å². The Morgan fingerprint density at radius 1 is 1.25 bits per heavy atom. The monoisotopic (exact) mass is 276 g/mol. The van der Waals surface area contributed by atoms with Crippen molar-refractivity contribution in [3.8, 4) is 17.5 Å². The van der Waals surface area contributed by atoms with Crippen LogP contribution in [0, 0.1) is 17.0 Å². The summed E-state index contributed by atoms with van der Waals surface area (Å²) in [4.78, 5) is 18.0. The molecule has 1 aromatic carbocycles. The fourth-order valence-electron chi connectivity index (χ4n) is 1.50. The second kappa shape index (κ2) is 5.39. The van der Waals surface area contributed by atoms with E-state index in [0.29, 0.717) is 5.75 Å². The van der Waals surface area contributed by atoms with Gasteiger partial charge in [0.2, 0.25) is 17.7 Å². The molecule has 0 saturated heterocycles. The van der Waals surface area contributed by atoms with Crippen molar-refractivity contribution in [1.82, 2.24) is 9.97 Å². The van der Waals surface area contributed by atoms with Gasteiger partial charge in [0.05, 0.1) is 24.2 Å². The number of aryl methyl sites for hydroxylation is 1. The summed E-state index contributed by atoms with van der Waals surface area (Å²) in [6.45, 7) is 1.76. The molecule has 0 fully saturated rings. The van der Waals surface area contributed by atoms with E-state index in [4.69, 9.17) is 15.2 Å². The molecular weight excluding hydrogens is 264 g/mol. The Labute approximate surface area is 114 Å². The number of anilines is 1. The molecule has 2 N–H and O–H groups in total. The van der Waals surface area contributed by atoms with Gasteiger partial charge >= 0.3 is 0 Å². The summed E-state index contributed by atoms with van der Waals surface area (Å²) in [5.74, 6) is 0.704. The standard InChI is InChI=1S/C12H12N4O4/c1-7-3-4-8(16(17)18)5-9(7)20-11-6-10(19-2)14-12(13)15-11/h3-6H,1-2H3,(H2,13,14,15). The number of hydrogen-bond acceptors (Lipinski definition) is 7. The van der Waals surface area contributed by atoms with Crippen LogP contribution in [0.25, 0.3) is 0 Å². The molecule has 2 aromatic rings. The summed E-state index contributed by atoms with van der Waals surface area (Å²) in [7, 11) is 1.43. The van der Waals surface area contributed by atoms with Crippen molar-refractivity contribution in [3.05, 3.63) is 39.9 Å². The number of aromatic nitrogens is 2. The van der Waals surface area contributed by atoms with Gasteiger partial charge in [-0.25, -0.2) is 0 Å². The molecule has 8 heteroatoms. The van der Waals surface area contributed by atoms with Crippen LogP contribution in [0.15, 0.2) is 24.3 Å². The lowest BCUT2D eigenvalue weighted by Crippen LogP contribution is -2.00. The third-order valence-corrected chi connectivity index (χ3v) is 2.50. The topological polar surface area (TPSA) is 113 Å². The van der Waals surface area contributed by atoms with Gasteiger partial charge < -0.3 is 15.2 Å². The summed E-state index contributed by atoms with van der Waals surface area (Å²) in [6.07, 6.45) is 0. The minimum Gasteiger partial charge on any atom is -0.481 e. The zero-order valence-electron chi connectivity index (χ0n) is 10.9. The van der Waals surface area contributed by atoms with Crippen LogP contribution in [0.1, 0.15) is 5.56 Å². The Hall–Kier alpha value is -2.90. The number of non-ortho nitro benzene ring substituents is 1. The van der Waals surface area contributed by atoms with Gasteiger partial charge in [-0.05, 0) is 18.6 Å². The van der Waals surface area contributed by atoms with Crippen molar-refractivity contribution in [2.45, 2.75) is 6.92 Å². The van der Waals surface area contributed by atoms with Crippen LogP contribution in [-0.4, -0.2) is 22.0 Å². The normalized spacial score (nSPS) is 10.1. The van der Waals surface area contributed by atoms with Crippen LogP contribution in [0.2, 0.25) is 0 Å². The summed E-state index contributed by atoms with van der Waals surface area (Å²) in [6, 6.07) is 5.75. The van der Waals surface area contributed by atoms with E-state index in [1.54, 1.807) is 13.0 Å². The number of nitrogen functional groups attached to an aromatic ring is 1. The molecule has 104 valence electrons. The Morgan fingerprint density at radius 3 is 2.60 bits per heavy atom. The Bertz CT molecular complexity index is 660.